The largest absolute Gasteiger partial charge is 0.480 e. The van der Waals surface area contributed by atoms with Crippen LogP contribution in [0.15, 0.2) is 12.1 Å². The highest BCUT2D eigenvalue weighted by atomic mass is 28.3. The van der Waals surface area contributed by atoms with Crippen LogP contribution in [-0.2, 0) is 14.3 Å². The Balaban J connectivity index is 1.76. The number of ether oxygens (including phenoxy) is 2. The number of fused-ring (bicyclic) bond motifs is 1. The van der Waals surface area contributed by atoms with Crippen molar-refractivity contribution in [2.24, 2.45) is 5.73 Å². The molecule has 32 heavy (non-hydrogen) atoms. The number of hydrogen-bond acceptors (Lipinski definition) is 7. The summed E-state index contributed by atoms with van der Waals surface area (Å²) in [5, 5.41) is 9.44. The summed E-state index contributed by atoms with van der Waals surface area (Å²) in [4.78, 5) is 45.2. The first kappa shape index (κ1) is 23.9. The van der Waals surface area contributed by atoms with Crippen LogP contribution in [0.1, 0.15) is 6.42 Å². The van der Waals surface area contributed by atoms with Crippen LogP contribution >= 0.6 is 0 Å². The van der Waals surface area contributed by atoms with Gasteiger partial charge in [0.25, 0.3) is 5.91 Å². The topological polar surface area (TPSA) is 139 Å². The fourth-order valence-corrected chi connectivity index (χ4v) is 4.33. The second-order valence-corrected chi connectivity index (χ2v) is 14.7. The summed E-state index contributed by atoms with van der Waals surface area (Å²) in [5.74, 6) is 0.535. The first-order chi connectivity index (χ1) is 15.1. The van der Waals surface area contributed by atoms with Gasteiger partial charge in [0.15, 0.2) is 18.2 Å². The lowest BCUT2D eigenvalue weighted by molar-refractivity contribution is -0.122. The van der Waals surface area contributed by atoms with Crippen LogP contribution < -0.4 is 20.3 Å². The zero-order valence-corrected chi connectivity index (χ0v) is 19.7. The van der Waals surface area contributed by atoms with Gasteiger partial charge in [0.1, 0.15) is 12.5 Å². The molecule has 1 atom stereocenters. The lowest BCUT2D eigenvalue weighted by atomic mass is 10.2. The average Bonchev–Trinajstić information content (AvgIpc) is 3.10. The molecule has 3 amide bonds. The van der Waals surface area contributed by atoms with Gasteiger partial charge in [-0.3, -0.25) is 19.4 Å². The molecule has 1 aromatic rings. The second-order valence-electron chi connectivity index (χ2n) is 9.08. The maximum Gasteiger partial charge on any atom is 0.407 e. The summed E-state index contributed by atoms with van der Waals surface area (Å²) in [7, 11) is -1.26. The molecular weight excluding hydrogens is 434 g/mol. The molecule has 1 unspecified atom stereocenters. The number of rotatable bonds is 9. The normalized spacial score (nSPS) is 18.6. The Morgan fingerprint density at radius 3 is 2.75 bits per heavy atom. The highest BCUT2D eigenvalue weighted by Crippen LogP contribution is 2.34. The highest BCUT2D eigenvalue weighted by molar-refractivity contribution is 6.76. The molecule has 11 nitrogen and oxygen atoms in total. The monoisotopic (exact) mass is 465 g/mol. The molecule has 1 aromatic heterocycles. The molecule has 176 valence electrons. The molecule has 3 rings (SSSR count). The SMILES string of the molecule is C[Si](C)(C)CCOCN1C(=O)COc2ccc(N3CC(N(CCN)C(=O)O)CC3=O)nc21. The second kappa shape index (κ2) is 9.84. The maximum absolute atomic E-state index is 12.6. The molecule has 2 aliphatic rings. The van der Waals surface area contributed by atoms with Gasteiger partial charge in [-0.2, -0.15) is 0 Å². The van der Waals surface area contributed by atoms with Crippen LogP contribution in [0.5, 0.6) is 5.75 Å². The van der Waals surface area contributed by atoms with E-state index in [2.05, 4.69) is 24.6 Å². The molecule has 3 heterocycles. The van der Waals surface area contributed by atoms with E-state index in [4.69, 9.17) is 15.2 Å². The third-order valence-electron chi connectivity index (χ3n) is 5.39. The van der Waals surface area contributed by atoms with Gasteiger partial charge >= 0.3 is 6.09 Å². The minimum atomic E-state index is -1.26. The van der Waals surface area contributed by atoms with Crippen molar-refractivity contribution in [3.63, 3.8) is 0 Å². The van der Waals surface area contributed by atoms with Gasteiger partial charge in [-0.25, -0.2) is 9.78 Å². The van der Waals surface area contributed by atoms with E-state index in [1.807, 2.05) is 0 Å². The number of anilines is 2. The molecule has 0 spiro atoms. The van der Waals surface area contributed by atoms with Gasteiger partial charge in [0, 0.05) is 40.7 Å². The summed E-state index contributed by atoms with van der Waals surface area (Å²) in [6, 6.07) is 3.75. The Kier molecular flexibility index (Phi) is 7.36. The van der Waals surface area contributed by atoms with E-state index in [0.29, 0.717) is 24.0 Å². The van der Waals surface area contributed by atoms with Gasteiger partial charge < -0.3 is 25.2 Å². The smallest absolute Gasteiger partial charge is 0.407 e. The number of carbonyl (C=O) groups is 3. The predicted octanol–water partition coefficient (Wildman–Crippen LogP) is 1.16. The van der Waals surface area contributed by atoms with Crippen molar-refractivity contribution >= 4 is 37.6 Å². The van der Waals surface area contributed by atoms with Crippen molar-refractivity contribution in [3.8, 4) is 5.75 Å². The van der Waals surface area contributed by atoms with E-state index < -0.39 is 20.2 Å². The van der Waals surface area contributed by atoms with Gasteiger partial charge in [0.05, 0.1) is 6.04 Å². The molecule has 0 aliphatic carbocycles. The molecular formula is C20H31N5O6Si. The Morgan fingerprint density at radius 2 is 2.09 bits per heavy atom. The van der Waals surface area contributed by atoms with Gasteiger partial charge in [-0.05, 0) is 18.2 Å². The third-order valence-corrected chi connectivity index (χ3v) is 7.09. The predicted molar refractivity (Wildman–Crippen MR) is 121 cm³/mol. The van der Waals surface area contributed by atoms with E-state index in [9.17, 15) is 19.5 Å². The summed E-state index contributed by atoms with van der Waals surface area (Å²) in [6.45, 7) is 7.71. The van der Waals surface area contributed by atoms with E-state index in [1.54, 1.807) is 12.1 Å². The van der Waals surface area contributed by atoms with E-state index in [-0.39, 0.29) is 51.2 Å². The van der Waals surface area contributed by atoms with E-state index in [0.717, 1.165) is 6.04 Å². The molecule has 1 fully saturated rings. The zero-order valence-electron chi connectivity index (χ0n) is 18.7. The number of carbonyl (C=O) groups excluding carboxylic acids is 2. The van der Waals surface area contributed by atoms with E-state index in [1.165, 1.54) is 14.7 Å². The van der Waals surface area contributed by atoms with Crippen molar-refractivity contribution < 1.29 is 29.0 Å². The van der Waals surface area contributed by atoms with Crippen LogP contribution in [0.25, 0.3) is 0 Å². The summed E-state index contributed by atoms with van der Waals surface area (Å²) < 4.78 is 11.2. The summed E-state index contributed by atoms with van der Waals surface area (Å²) in [5.41, 5.74) is 5.52. The minimum Gasteiger partial charge on any atom is -0.480 e. The number of aromatic nitrogens is 1. The van der Waals surface area contributed by atoms with Crippen LogP contribution in [0.3, 0.4) is 0 Å². The number of pyridine rings is 1. The first-order valence-electron chi connectivity index (χ1n) is 10.6. The fraction of sp³-hybridized carbons (Fsp3) is 0.600. The first-order valence-corrected chi connectivity index (χ1v) is 14.3. The van der Waals surface area contributed by atoms with Crippen molar-refractivity contribution in [2.45, 2.75) is 38.1 Å². The molecule has 1 saturated heterocycles. The molecule has 0 aromatic carbocycles. The van der Waals surface area contributed by atoms with Crippen LogP contribution in [0, 0.1) is 0 Å². The lowest BCUT2D eigenvalue weighted by Crippen LogP contribution is -2.44. The molecule has 0 saturated carbocycles. The Hall–Kier alpha value is -2.70. The highest BCUT2D eigenvalue weighted by Gasteiger charge is 2.38. The van der Waals surface area contributed by atoms with Crippen molar-refractivity contribution in [1.82, 2.24) is 9.88 Å². The maximum atomic E-state index is 12.6. The fourth-order valence-electron chi connectivity index (χ4n) is 3.58. The molecule has 2 aliphatic heterocycles. The minimum absolute atomic E-state index is 0.0456. The zero-order chi connectivity index (χ0) is 23.5. The van der Waals surface area contributed by atoms with Crippen LogP contribution in [0.2, 0.25) is 25.7 Å². The molecule has 0 bridgehead atoms. The van der Waals surface area contributed by atoms with Crippen molar-refractivity contribution in [2.75, 3.05) is 49.4 Å². The van der Waals surface area contributed by atoms with Crippen molar-refractivity contribution in [1.29, 1.82) is 0 Å². The number of carboxylic acid groups (broad SMARTS) is 1. The average molecular weight is 466 g/mol. The summed E-state index contributed by atoms with van der Waals surface area (Å²) in [6.07, 6.45) is -1.07. The standard InChI is InChI=1S/C20H31N5O6Si/c1-32(2,3)9-8-30-13-25-18(27)12-31-15-4-5-16(22-19(15)25)24-11-14(10-17(24)26)23(7-6-21)20(28)29/h4-5,14H,6-13,21H2,1-3H3,(H,28,29). The Labute approximate surface area is 188 Å². The lowest BCUT2D eigenvalue weighted by Gasteiger charge is -2.29. The Morgan fingerprint density at radius 1 is 1.34 bits per heavy atom. The molecule has 12 heteroatoms. The Bertz CT molecular complexity index is 877. The van der Waals surface area contributed by atoms with Gasteiger partial charge in [-0.1, -0.05) is 19.6 Å². The number of nitrogens with two attached hydrogens (primary N) is 1. The quantitative estimate of drug-likeness (QED) is 0.409. The molecule has 0 radical (unpaired) electrons. The van der Waals surface area contributed by atoms with E-state index >= 15 is 0 Å². The van der Waals surface area contributed by atoms with Gasteiger partial charge in [-0.15, -0.1) is 0 Å². The summed E-state index contributed by atoms with van der Waals surface area (Å²) >= 11 is 0. The van der Waals surface area contributed by atoms with Crippen molar-refractivity contribution in [3.05, 3.63) is 12.1 Å². The number of hydrogen-bond donors (Lipinski definition) is 2. The van der Waals surface area contributed by atoms with Crippen LogP contribution in [-0.4, -0.2) is 86.6 Å². The van der Waals surface area contributed by atoms with Gasteiger partial charge in [0.2, 0.25) is 5.91 Å². The van der Waals surface area contributed by atoms with Crippen LogP contribution in [0.4, 0.5) is 16.4 Å². The molecule has 3 N–H and O–H groups in total. The number of amides is 3. The third kappa shape index (κ3) is 5.55. The number of nitrogens with zero attached hydrogens (tertiary/aromatic N) is 4.